The highest BCUT2D eigenvalue weighted by Crippen LogP contribution is 2.32. The van der Waals surface area contributed by atoms with Crippen molar-refractivity contribution < 1.29 is 9.26 Å². The molecule has 1 aliphatic carbocycles. The molecule has 0 amide bonds. The summed E-state index contributed by atoms with van der Waals surface area (Å²) < 4.78 is 10.8. The van der Waals surface area contributed by atoms with Crippen LogP contribution in [0.1, 0.15) is 32.1 Å². The van der Waals surface area contributed by atoms with Gasteiger partial charge in [0.2, 0.25) is 11.5 Å². The molecule has 1 fully saturated rings. The van der Waals surface area contributed by atoms with Gasteiger partial charge in [-0.05, 0) is 31.0 Å². The van der Waals surface area contributed by atoms with Crippen molar-refractivity contribution in [3.05, 3.63) is 30.5 Å². The zero-order valence-corrected chi connectivity index (χ0v) is 13.7. The second-order valence-electron chi connectivity index (χ2n) is 6.11. The van der Waals surface area contributed by atoms with Gasteiger partial charge in [0.05, 0.1) is 18.2 Å². The van der Waals surface area contributed by atoms with Gasteiger partial charge in [0, 0.05) is 12.2 Å². The van der Waals surface area contributed by atoms with Crippen LogP contribution in [-0.2, 0) is 0 Å². The molecule has 2 aromatic heterocycles. The number of ether oxygens (including phenoxy) is 1. The average molecular weight is 324 g/mol. The molecule has 0 atom stereocenters. The quantitative estimate of drug-likeness (QED) is 0.781. The first kappa shape index (κ1) is 14.9. The van der Waals surface area contributed by atoms with Gasteiger partial charge in [0.1, 0.15) is 5.69 Å². The van der Waals surface area contributed by atoms with Crippen LogP contribution in [0.2, 0.25) is 0 Å². The summed E-state index contributed by atoms with van der Waals surface area (Å²) in [5.74, 6) is 1.32. The van der Waals surface area contributed by atoms with Crippen LogP contribution in [0.5, 0.6) is 5.75 Å². The van der Waals surface area contributed by atoms with Gasteiger partial charge >= 0.3 is 0 Å². The van der Waals surface area contributed by atoms with Crippen LogP contribution in [0.25, 0.3) is 22.4 Å². The van der Waals surface area contributed by atoms with E-state index in [0.29, 0.717) is 29.0 Å². The summed E-state index contributed by atoms with van der Waals surface area (Å²) in [6.07, 6.45) is 7.98. The summed E-state index contributed by atoms with van der Waals surface area (Å²) >= 11 is 0. The summed E-state index contributed by atoms with van der Waals surface area (Å²) in [6.45, 7) is 0. The monoisotopic (exact) mass is 324 g/mol. The summed E-state index contributed by atoms with van der Waals surface area (Å²) in [5.41, 5.74) is 2.09. The van der Waals surface area contributed by atoms with Crippen molar-refractivity contribution >= 4 is 16.9 Å². The highest BCUT2D eigenvalue weighted by atomic mass is 16.5. The summed E-state index contributed by atoms with van der Waals surface area (Å²) in [6, 6.07) is 8.05. The van der Waals surface area contributed by atoms with E-state index in [1.54, 1.807) is 13.3 Å². The van der Waals surface area contributed by atoms with Gasteiger partial charge in [-0.3, -0.25) is 0 Å². The van der Waals surface area contributed by atoms with Crippen molar-refractivity contribution in [1.29, 1.82) is 0 Å². The molecule has 1 N–H and O–H groups in total. The highest BCUT2D eigenvalue weighted by Gasteiger charge is 2.17. The minimum Gasteiger partial charge on any atom is -0.493 e. The standard InChI is InChI=1S/C18H20N4O2/c1-23-15-9-5-8-13-16(22-24-17(13)15)14-10-11-19-18(21-14)20-12-6-3-2-4-7-12/h5,8-12H,2-4,6-7H2,1H3,(H,19,20,21). The molecular formula is C18H20N4O2. The third kappa shape index (κ3) is 2.79. The molecule has 0 unspecified atom stereocenters. The van der Waals surface area contributed by atoms with Crippen molar-refractivity contribution in [3.63, 3.8) is 0 Å². The molecule has 124 valence electrons. The Morgan fingerprint density at radius 2 is 2.04 bits per heavy atom. The van der Waals surface area contributed by atoms with Crippen LogP contribution in [0.3, 0.4) is 0 Å². The number of aromatic nitrogens is 3. The zero-order chi connectivity index (χ0) is 16.4. The molecule has 1 aliphatic rings. The maximum Gasteiger partial charge on any atom is 0.223 e. The van der Waals surface area contributed by atoms with E-state index in [0.717, 1.165) is 11.1 Å². The van der Waals surface area contributed by atoms with Gasteiger partial charge in [-0.15, -0.1) is 0 Å². The minimum atomic E-state index is 0.461. The summed E-state index contributed by atoms with van der Waals surface area (Å²) in [4.78, 5) is 8.98. The fourth-order valence-corrected chi connectivity index (χ4v) is 3.27. The van der Waals surface area contributed by atoms with Crippen LogP contribution < -0.4 is 10.1 Å². The lowest BCUT2D eigenvalue weighted by Gasteiger charge is -2.22. The lowest BCUT2D eigenvalue weighted by Crippen LogP contribution is -2.23. The maximum atomic E-state index is 5.46. The summed E-state index contributed by atoms with van der Waals surface area (Å²) in [5, 5.41) is 8.52. The second-order valence-corrected chi connectivity index (χ2v) is 6.11. The van der Waals surface area contributed by atoms with Gasteiger partial charge in [0.15, 0.2) is 5.75 Å². The number of hydrogen-bond acceptors (Lipinski definition) is 6. The van der Waals surface area contributed by atoms with Crippen LogP contribution >= 0.6 is 0 Å². The molecule has 6 nitrogen and oxygen atoms in total. The van der Waals surface area contributed by atoms with E-state index in [1.807, 2.05) is 24.3 Å². The molecule has 0 radical (unpaired) electrons. The van der Waals surface area contributed by atoms with Gasteiger partial charge in [-0.1, -0.05) is 30.5 Å². The first-order valence-corrected chi connectivity index (χ1v) is 8.37. The van der Waals surface area contributed by atoms with Gasteiger partial charge in [0.25, 0.3) is 0 Å². The number of hydrogen-bond donors (Lipinski definition) is 1. The zero-order valence-electron chi connectivity index (χ0n) is 13.7. The number of rotatable bonds is 4. The third-order valence-electron chi connectivity index (χ3n) is 4.52. The van der Waals surface area contributed by atoms with Crippen LogP contribution in [-0.4, -0.2) is 28.3 Å². The first-order chi connectivity index (χ1) is 11.8. The summed E-state index contributed by atoms with van der Waals surface area (Å²) in [7, 11) is 1.62. The smallest absolute Gasteiger partial charge is 0.223 e. The molecule has 2 heterocycles. The van der Waals surface area contributed by atoms with Crippen molar-refractivity contribution in [2.24, 2.45) is 0 Å². The first-order valence-electron chi connectivity index (χ1n) is 8.37. The van der Waals surface area contributed by atoms with E-state index in [-0.39, 0.29) is 0 Å². The van der Waals surface area contributed by atoms with E-state index in [9.17, 15) is 0 Å². The van der Waals surface area contributed by atoms with Crippen LogP contribution in [0.15, 0.2) is 35.0 Å². The molecule has 1 aromatic carbocycles. The Hall–Kier alpha value is -2.63. The number of nitrogens with one attached hydrogen (secondary N) is 1. The molecule has 4 rings (SSSR count). The molecular weight excluding hydrogens is 304 g/mol. The molecule has 6 heteroatoms. The number of methoxy groups -OCH3 is 1. The molecule has 3 aromatic rings. The molecule has 0 saturated heterocycles. The lowest BCUT2D eigenvalue weighted by atomic mass is 9.96. The Kier molecular flexibility index (Phi) is 4.02. The van der Waals surface area contributed by atoms with E-state index < -0.39 is 0 Å². The maximum absolute atomic E-state index is 5.46. The normalized spacial score (nSPS) is 15.5. The Bertz CT molecular complexity index is 840. The molecule has 24 heavy (non-hydrogen) atoms. The van der Waals surface area contributed by atoms with Crippen molar-refractivity contribution in [2.75, 3.05) is 12.4 Å². The number of anilines is 1. The number of para-hydroxylation sites is 1. The van der Waals surface area contributed by atoms with Crippen molar-refractivity contribution in [2.45, 2.75) is 38.1 Å². The highest BCUT2D eigenvalue weighted by molar-refractivity contribution is 5.93. The predicted octanol–water partition coefficient (Wildman–Crippen LogP) is 4.04. The van der Waals surface area contributed by atoms with Gasteiger partial charge in [-0.2, -0.15) is 0 Å². The second kappa shape index (κ2) is 6.47. The Balaban J connectivity index is 1.66. The Labute approximate surface area is 140 Å². The third-order valence-corrected chi connectivity index (χ3v) is 4.52. The number of nitrogens with zero attached hydrogens (tertiary/aromatic N) is 3. The Morgan fingerprint density at radius 1 is 1.17 bits per heavy atom. The van der Waals surface area contributed by atoms with Crippen molar-refractivity contribution in [3.8, 4) is 17.1 Å². The molecule has 0 aliphatic heterocycles. The van der Waals surface area contributed by atoms with E-state index in [1.165, 1.54) is 32.1 Å². The fourth-order valence-electron chi connectivity index (χ4n) is 3.27. The largest absolute Gasteiger partial charge is 0.493 e. The Morgan fingerprint density at radius 3 is 2.88 bits per heavy atom. The topological polar surface area (TPSA) is 73.1 Å². The molecule has 0 spiro atoms. The molecule has 0 bridgehead atoms. The van der Waals surface area contributed by atoms with E-state index in [4.69, 9.17) is 9.26 Å². The van der Waals surface area contributed by atoms with Crippen LogP contribution in [0, 0.1) is 0 Å². The number of benzene rings is 1. The fraction of sp³-hybridized carbons (Fsp3) is 0.389. The predicted molar refractivity (Wildman–Crippen MR) is 92.1 cm³/mol. The SMILES string of the molecule is COc1cccc2c(-c3ccnc(NC4CCCCC4)n3)noc12. The van der Waals surface area contributed by atoms with Gasteiger partial charge < -0.3 is 14.6 Å². The van der Waals surface area contributed by atoms with E-state index >= 15 is 0 Å². The van der Waals surface area contributed by atoms with Crippen LogP contribution in [0.4, 0.5) is 5.95 Å². The van der Waals surface area contributed by atoms with Crippen molar-refractivity contribution in [1.82, 2.24) is 15.1 Å². The van der Waals surface area contributed by atoms with E-state index in [2.05, 4.69) is 20.4 Å². The number of fused-ring (bicyclic) bond motifs is 1. The lowest BCUT2D eigenvalue weighted by molar-refractivity contribution is 0.393. The minimum absolute atomic E-state index is 0.461. The van der Waals surface area contributed by atoms with Gasteiger partial charge in [-0.25, -0.2) is 9.97 Å². The molecule has 1 saturated carbocycles. The average Bonchev–Trinajstić information content (AvgIpc) is 3.07.